The van der Waals surface area contributed by atoms with Gasteiger partial charge < -0.3 is 5.11 Å². The maximum Gasteiger partial charge on any atom is 0.264 e. The van der Waals surface area contributed by atoms with Gasteiger partial charge in [0.25, 0.3) is 5.56 Å². The summed E-state index contributed by atoms with van der Waals surface area (Å²) in [6.45, 7) is 2.75. The van der Waals surface area contributed by atoms with E-state index in [0.29, 0.717) is 5.69 Å². The number of benzene rings is 1. The molecule has 0 bridgehead atoms. The second kappa shape index (κ2) is 8.62. The van der Waals surface area contributed by atoms with Crippen molar-refractivity contribution < 1.29 is 5.11 Å². The summed E-state index contributed by atoms with van der Waals surface area (Å²) in [5, 5.41) is 17.4. The Hall–Kier alpha value is -3.26. The normalized spacial score (nSPS) is 16.8. The molecule has 0 spiro atoms. The minimum absolute atomic E-state index is 0.0692. The molecule has 4 rings (SSSR count). The molecule has 7 nitrogen and oxygen atoms in total. The van der Waals surface area contributed by atoms with Gasteiger partial charge in [-0.1, -0.05) is 23.8 Å². The van der Waals surface area contributed by atoms with Gasteiger partial charge in [-0.2, -0.15) is 5.10 Å². The van der Waals surface area contributed by atoms with Crippen LogP contribution in [0.15, 0.2) is 58.7 Å². The van der Waals surface area contributed by atoms with Crippen LogP contribution in [0.25, 0.3) is 5.69 Å². The minimum atomic E-state index is -0.473. The topological polar surface area (TPSA) is 86.5 Å². The standard InChI is InChI=1S/C22H23N5O2S/c1-15-7-9-17(10-8-15)27-21(29)18(20(28)25-22(27)30)14-24-26-12-3-2-6-19(26)16-5-4-11-23-13-16/h4-5,7-11,13-14,19,29H,2-3,6,12H2,1H3,(H,25,28,30)/b24-14+/t19-/m1/s1. The molecule has 1 aliphatic heterocycles. The van der Waals surface area contributed by atoms with Crippen LogP contribution in [0.3, 0.4) is 0 Å². The van der Waals surface area contributed by atoms with Gasteiger partial charge in [-0.3, -0.25) is 24.3 Å². The van der Waals surface area contributed by atoms with E-state index in [-0.39, 0.29) is 22.3 Å². The van der Waals surface area contributed by atoms with Crippen LogP contribution in [-0.4, -0.2) is 37.4 Å². The highest BCUT2D eigenvalue weighted by Crippen LogP contribution is 2.30. The molecule has 1 saturated heterocycles. The molecule has 1 atom stereocenters. The minimum Gasteiger partial charge on any atom is -0.494 e. The summed E-state index contributed by atoms with van der Waals surface area (Å²) in [6.07, 6.45) is 8.10. The highest BCUT2D eigenvalue weighted by molar-refractivity contribution is 7.71. The molecule has 2 aromatic heterocycles. The zero-order valence-corrected chi connectivity index (χ0v) is 17.5. The van der Waals surface area contributed by atoms with Crippen LogP contribution in [0.5, 0.6) is 5.88 Å². The Morgan fingerprint density at radius 2 is 2.07 bits per heavy atom. The van der Waals surface area contributed by atoms with Crippen molar-refractivity contribution in [3.8, 4) is 11.6 Å². The van der Waals surface area contributed by atoms with Crippen molar-refractivity contribution in [1.82, 2.24) is 19.5 Å². The second-order valence-electron chi connectivity index (χ2n) is 7.37. The monoisotopic (exact) mass is 421 g/mol. The molecule has 1 aliphatic rings. The molecule has 0 amide bonds. The first-order valence-electron chi connectivity index (χ1n) is 9.90. The van der Waals surface area contributed by atoms with Crippen LogP contribution < -0.4 is 5.56 Å². The largest absolute Gasteiger partial charge is 0.494 e. The molecule has 0 unspecified atom stereocenters. The first kappa shape index (κ1) is 20.0. The highest BCUT2D eigenvalue weighted by Gasteiger charge is 2.23. The number of aromatic nitrogens is 3. The van der Waals surface area contributed by atoms with Gasteiger partial charge in [-0.15, -0.1) is 0 Å². The van der Waals surface area contributed by atoms with Gasteiger partial charge in [0, 0.05) is 18.9 Å². The number of aryl methyl sites for hydroxylation is 1. The molecular weight excluding hydrogens is 398 g/mol. The third-order valence-corrected chi connectivity index (χ3v) is 5.58. The Balaban J connectivity index is 1.71. The fourth-order valence-corrected chi connectivity index (χ4v) is 3.97. The van der Waals surface area contributed by atoms with Crippen LogP contribution in [0.1, 0.15) is 42.0 Å². The predicted octanol–water partition coefficient (Wildman–Crippen LogP) is 3.87. The van der Waals surface area contributed by atoms with Crippen LogP contribution in [0, 0.1) is 11.7 Å². The van der Waals surface area contributed by atoms with E-state index in [2.05, 4.69) is 15.1 Å². The average molecular weight is 422 g/mol. The Morgan fingerprint density at radius 3 is 2.80 bits per heavy atom. The number of pyridine rings is 1. The molecule has 8 heteroatoms. The van der Waals surface area contributed by atoms with Gasteiger partial charge in [-0.25, -0.2) is 0 Å². The molecular formula is C22H23N5O2S. The molecule has 2 N–H and O–H groups in total. The van der Waals surface area contributed by atoms with E-state index in [4.69, 9.17) is 12.2 Å². The van der Waals surface area contributed by atoms with Crippen molar-refractivity contribution in [2.24, 2.45) is 5.10 Å². The summed E-state index contributed by atoms with van der Waals surface area (Å²) in [6, 6.07) is 11.6. The lowest BCUT2D eigenvalue weighted by Crippen LogP contribution is -2.29. The maximum absolute atomic E-state index is 12.5. The Bertz CT molecular complexity index is 1170. The van der Waals surface area contributed by atoms with Gasteiger partial charge in [-0.05, 0) is 62.2 Å². The van der Waals surface area contributed by atoms with Gasteiger partial charge in [0.2, 0.25) is 5.88 Å². The number of nitrogens with one attached hydrogen (secondary N) is 1. The number of rotatable bonds is 4. The lowest BCUT2D eigenvalue weighted by molar-refractivity contribution is 0.156. The average Bonchev–Trinajstić information content (AvgIpc) is 2.75. The zero-order valence-electron chi connectivity index (χ0n) is 16.7. The van der Waals surface area contributed by atoms with E-state index in [1.54, 1.807) is 6.20 Å². The van der Waals surface area contributed by atoms with Gasteiger partial charge in [0.1, 0.15) is 5.56 Å². The van der Waals surface area contributed by atoms with Crippen LogP contribution in [-0.2, 0) is 0 Å². The molecule has 0 saturated carbocycles. The molecule has 1 fully saturated rings. The predicted molar refractivity (Wildman–Crippen MR) is 119 cm³/mol. The number of aromatic amines is 1. The maximum atomic E-state index is 12.5. The summed E-state index contributed by atoms with van der Waals surface area (Å²) < 4.78 is 1.57. The summed E-state index contributed by atoms with van der Waals surface area (Å²) in [5.41, 5.74) is 2.44. The SMILES string of the molecule is Cc1ccc(-n2c(O)c(/C=N/N3CCCC[C@@H]3c3cccnc3)c(=O)[nH]c2=S)cc1. The van der Waals surface area contributed by atoms with E-state index in [1.807, 2.05) is 54.5 Å². The van der Waals surface area contributed by atoms with Crippen molar-refractivity contribution in [2.75, 3.05) is 6.54 Å². The lowest BCUT2D eigenvalue weighted by Gasteiger charge is -2.33. The number of hydrogen-bond acceptors (Lipinski definition) is 6. The third kappa shape index (κ3) is 4.04. The molecule has 0 aliphatic carbocycles. The van der Waals surface area contributed by atoms with Gasteiger partial charge in [0.05, 0.1) is 17.9 Å². The highest BCUT2D eigenvalue weighted by atomic mass is 32.1. The van der Waals surface area contributed by atoms with Crippen molar-refractivity contribution in [1.29, 1.82) is 0 Å². The van der Waals surface area contributed by atoms with Crippen LogP contribution >= 0.6 is 12.2 Å². The van der Waals surface area contributed by atoms with Crippen LogP contribution in [0.4, 0.5) is 0 Å². The number of nitrogens with zero attached hydrogens (tertiary/aromatic N) is 4. The van der Waals surface area contributed by atoms with E-state index in [1.165, 1.54) is 10.8 Å². The van der Waals surface area contributed by atoms with E-state index >= 15 is 0 Å². The van der Waals surface area contributed by atoms with Crippen molar-refractivity contribution in [3.63, 3.8) is 0 Å². The molecule has 3 aromatic rings. The lowest BCUT2D eigenvalue weighted by atomic mass is 9.98. The molecule has 1 aromatic carbocycles. The fourth-order valence-electron chi connectivity index (χ4n) is 3.69. The molecule has 3 heterocycles. The van der Waals surface area contributed by atoms with E-state index in [9.17, 15) is 9.90 Å². The number of H-pyrrole nitrogens is 1. The summed E-state index contributed by atoms with van der Waals surface area (Å²) in [5.74, 6) is -0.230. The second-order valence-corrected chi connectivity index (χ2v) is 7.76. The first-order valence-corrected chi connectivity index (χ1v) is 10.3. The Labute approximate surface area is 179 Å². The Morgan fingerprint density at radius 1 is 1.27 bits per heavy atom. The number of hydrazone groups is 1. The van der Waals surface area contributed by atoms with E-state index in [0.717, 1.165) is 36.9 Å². The smallest absolute Gasteiger partial charge is 0.264 e. The summed E-state index contributed by atoms with van der Waals surface area (Å²) >= 11 is 5.28. The van der Waals surface area contributed by atoms with Crippen molar-refractivity contribution in [3.05, 3.63) is 80.6 Å². The van der Waals surface area contributed by atoms with Gasteiger partial charge >= 0.3 is 0 Å². The quantitative estimate of drug-likeness (QED) is 0.493. The molecule has 30 heavy (non-hydrogen) atoms. The van der Waals surface area contributed by atoms with Crippen LogP contribution in [0.2, 0.25) is 0 Å². The number of aromatic hydroxyl groups is 1. The first-order chi connectivity index (χ1) is 14.5. The van der Waals surface area contributed by atoms with E-state index < -0.39 is 5.56 Å². The molecule has 154 valence electrons. The number of piperidine rings is 1. The molecule has 0 radical (unpaired) electrons. The summed E-state index contributed by atoms with van der Waals surface area (Å²) in [7, 11) is 0. The van der Waals surface area contributed by atoms with Gasteiger partial charge in [0.15, 0.2) is 4.77 Å². The number of hydrogen-bond donors (Lipinski definition) is 2. The zero-order chi connectivity index (χ0) is 21.1. The van der Waals surface area contributed by atoms with Crippen molar-refractivity contribution >= 4 is 18.4 Å². The Kier molecular flexibility index (Phi) is 5.76. The summed E-state index contributed by atoms with van der Waals surface area (Å²) in [4.78, 5) is 19.4. The van der Waals surface area contributed by atoms with Crippen molar-refractivity contribution in [2.45, 2.75) is 32.2 Å². The third-order valence-electron chi connectivity index (χ3n) is 5.29. The fraction of sp³-hybridized carbons (Fsp3) is 0.273.